The number of hydrogen-bond donors (Lipinski definition) is 1. The average Bonchev–Trinajstić information content (AvgIpc) is 3.25. The highest BCUT2D eigenvalue weighted by Gasteiger charge is 2.20. The summed E-state index contributed by atoms with van der Waals surface area (Å²) in [6, 6.07) is 15.3. The second kappa shape index (κ2) is 8.07. The number of aromatic nitrogens is 2. The van der Waals surface area contributed by atoms with Gasteiger partial charge in [0.1, 0.15) is 6.54 Å². The molecule has 2 heterocycles. The lowest BCUT2D eigenvalue weighted by atomic mass is 10.0. The lowest BCUT2D eigenvalue weighted by Gasteiger charge is -2.19. The molecule has 1 aliphatic rings. The van der Waals surface area contributed by atoms with Crippen molar-refractivity contribution in [3.8, 4) is 0 Å². The van der Waals surface area contributed by atoms with E-state index in [0.717, 1.165) is 37.1 Å². The second-order valence-corrected chi connectivity index (χ2v) is 7.85. The van der Waals surface area contributed by atoms with E-state index < -0.39 is 0 Å². The van der Waals surface area contributed by atoms with Crippen LogP contribution in [0, 0.1) is 0 Å². The van der Waals surface area contributed by atoms with Gasteiger partial charge in [0.05, 0.1) is 5.39 Å². The number of carbonyl (C=O) groups is 1. The van der Waals surface area contributed by atoms with Crippen molar-refractivity contribution >= 4 is 28.2 Å². The zero-order valence-electron chi connectivity index (χ0n) is 16.9. The maximum Gasteiger partial charge on any atom is 0.275 e. The Balaban J connectivity index is 1.60. The molecule has 1 aromatic heterocycles. The third-order valence-corrected chi connectivity index (χ3v) is 5.41. The molecule has 1 aliphatic heterocycles. The fraction of sp³-hybridized carbons (Fsp3) is 0.348. The minimum Gasteiger partial charge on any atom is -0.355 e. The van der Waals surface area contributed by atoms with E-state index in [-0.39, 0.29) is 18.0 Å². The van der Waals surface area contributed by atoms with Gasteiger partial charge >= 0.3 is 0 Å². The predicted octanol–water partition coefficient (Wildman–Crippen LogP) is 3.76. The summed E-state index contributed by atoms with van der Waals surface area (Å²) in [6.45, 7) is 5.98. The van der Waals surface area contributed by atoms with Crippen molar-refractivity contribution < 1.29 is 4.79 Å². The fourth-order valence-electron chi connectivity index (χ4n) is 3.77. The summed E-state index contributed by atoms with van der Waals surface area (Å²) in [5.74, 6) is 0.954. The molecule has 4 rings (SSSR count). The summed E-state index contributed by atoms with van der Waals surface area (Å²) in [5.41, 5.74) is 1.69. The van der Waals surface area contributed by atoms with E-state index in [2.05, 4.69) is 29.2 Å². The lowest BCUT2D eigenvalue weighted by Crippen LogP contribution is -2.32. The van der Waals surface area contributed by atoms with E-state index >= 15 is 0 Å². The minimum atomic E-state index is -0.264. The van der Waals surface area contributed by atoms with Gasteiger partial charge in [-0.25, -0.2) is 4.68 Å². The van der Waals surface area contributed by atoms with Gasteiger partial charge in [-0.1, -0.05) is 44.2 Å². The first-order chi connectivity index (χ1) is 14.0. The molecule has 1 N–H and O–H groups in total. The predicted molar refractivity (Wildman–Crippen MR) is 117 cm³/mol. The molecule has 150 valence electrons. The molecule has 3 aromatic rings. The highest BCUT2D eigenvalue weighted by Crippen LogP contribution is 2.25. The van der Waals surface area contributed by atoms with Gasteiger partial charge in [0.25, 0.3) is 5.56 Å². The van der Waals surface area contributed by atoms with Crippen LogP contribution in [0.25, 0.3) is 10.8 Å². The molecule has 1 fully saturated rings. The van der Waals surface area contributed by atoms with Crippen LogP contribution in [0.5, 0.6) is 0 Å². The van der Waals surface area contributed by atoms with Crippen molar-refractivity contribution in [3.63, 3.8) is 0 Å². The van der Waals surface area contributed by atoms with Crippen LogP contribution in [0.1, 0.15) is 38.2 Å². The Morgan fingerprint density at radius 3 is 2.34 bits per heavy atom. The Morgan fingerprint density at radius 2 is 1.69 bits per heavy atom. The van der Waals surface area contributed by atoms with Crippen molar-refractivity contribution in [1.82, 2.24) is 9.78 Å². The summed E-state index contributed by atoms with van der Waals surface area (Å²) in [4.78, 5) is 27.7. The zero-order chi connectivity index (χ0) is 20.4. The second-order valence-electron chi connectivity index (χ2n) is 7.85. The lowest BCUT2D eigenvalue weighted by molar-refractivity contribution is -0.117. The van der Waals surface area contributed by atoms with Crippen molar-refractivity contribution in [2.45, 2.75) is 39.2 Å². The Hall–Kier alpha value is -3.15. The monoisotopic (exact) mass is 390 g/mol. The molecule has 6 heteroatoms. The number of amides is 1. The maximum absolute atomic E-state index is 12.9. The van der Waals surface area contributed by atoms with Crippen LogP contribution in [-0.4, -0.2) is 28.8 Å². The molecule has 29 heavy (non-hydrogen) atoms. The number of anilines is 2. The first-order valence-corrected chi connectivity index (χ1v) is 10.2. The topological polar surface area (TPSA) is 67.2 Å². The van der Waals surface area contributed by atoms with Gasteiger partial charge < -0.3 is 10.2 Å². The van der Waals surface area contributed by atoms with Crippen LogP contribution in [-0.2, 0) is 11.3 Å². The molecule has 0 aliphatic carbocycles. The van der Waals surface area contributed by atoms with Crippen molar-refractivity contribution in [2.75, 3.05) is 23.3 Å². The Labute approximate surface area is 170 Å². The van der Waals surface area contributed by atoms with Gasteiger partial charge in [0, 0.05) is 24.2 Å². The van der Waals surface area contributed by atoms with Crippen LogP contribution in [0.15, 0.2) is 53.3 Å². The first-order valence-electron chi connectivity index (χ1n) is 10.2. The van der Waals surface area contributed by atoms with Gasteiger partial charge in [-0.15, -0.1) is 0 Å². The van der Waals surface area contributed by atoms with E-state index in [1.54, 1.807) is 6.07 Å². The number of nitrogens with zero attached hydrogens (tertiary/aromatic N) is 3. The summed E-state index contributed by atoms with van der Waals surface area (Å²) in [7, 11) is 0. The number of rotatable bonds is 5. The molecule has 1 saturated heterocycles. The van der Waals surface area contributed by atoms with E-state index in [1.807, 2.05) is 42.5 Å². The zero-order valence-corrected chi connectivity index (χ0v) is 16.9. The van der Waals surface area contributed by atoms with Crippen molar-refractivity contribution in [1.29, 1.82) is 0 Å². The summed E-state index contributed by atoms with van der Waals surface area (Å²) >= 11 is 0. The van der Waals surface area contributed by atoms with Crippen LogP contribution in [0.2, 0.25) is 0 Å². The molecule has 2 aromatic carbocycles. The standard InChI is InChI=1S/C23H26N4O2/c1-16(2)17-9-11-18(12-10-17)24-21(28)15-27-23(29)20-8-4-3-7-19(20)22(25-27)26-13-5-6-14-26/h3-4,7-12,16H,5-6,13-15H2,1-2H3,(H,24,28). The molecule has 0 atom stereocenters. The summed E-state index contributed by atoms with van der Waals surface area (Å²) in [6.07, 6.45) is 2.23. The SMILES string of the molecule is CC(C)c1ccc(NC(=O)Cn2nc(N3CCCC3)c3ccccc3c2=O)cc1. The molecule has 0 radical (unpaired) electrons. The number of hydrogen-bond acceptors (Lipinski definition) is 4. The van der Waals surface area contributed by atoms with Crippen LogP contribution < -0.4 is 15.8 Å². The van der Waals surface area contributed by atoms with Crippen LogP contribution in [0.3, 0.4) is 0 Å². The van der Waals surface area contributed by atoms with Gasteiger partial charge in [-0.05, 0) is 42.5 Å². The highest BCUT2D eigenvalue weighted by molar-refractivity contribution is 5.93. The van der Waals surface area contributed by atoms with Crippen LogP contribution >= 0.6 is 0 Å². The average molecular weight is 390 g/mol. The van der Waals surface area contributed by atoms with Crippen molar-refractivity contribution in [3.05, 3.63) is 64.4 Å². The van der Waals surface area contributed by atoms with Gasteiger partial charge in [-0.3, -0.25) is 9.59 Å². The minimum absolute atomic E-state index is 0.115. The van der Waals surface area contributed by atoms with Gasteiger partial charge in [0.2, 0.25) is 5.91 Å². The Bertz CT molecular complexity index is 1080. The number of benzene rings is 2. The van der Waals surface area contributed by atoms with Crippen LogP contribution in [0.4, 0.5) is 11.5 Å². The largest absolute Gasteiger partial charge is 0.355 e. The van der Waals surface area contributed by atoms with Gasteiger partial charge in [-0.2, -0.15) is 5.10 Å². The molecule has 0 bridgehead atoms. The third kappa shape index (κ3) is 4.01. The normalized spacial score (nSPS) is 14.0. The molecular weight excluding hydrogens is 364 g/mol. The highest BCUT2D eigenvalue weighted by atomic mass is 16.2. The maximum atomic E-state index is 12.9. The number of nitrogens with one attached hydrogen (secondary N) is 1. The van der Waals surface area contributed by atoms with E-state index in [4.69, 9.17) is 0 Å². The van der Waals surface area contributed by atoms with E-state index in [0.29, 0.717) is 17.0 Å². The number of carbonyl (C=O) groups excluding carboxylic acids is 1. The number of fused-ring (bicyclic) bond motifs is 1. The fourth-order valence-corrected chi connectivity index (χ4v) is 3.77. The molecule has 1 amide bonds. The first kappa shape index (κ1) is 19.2. The van der Waals surface area contributed by atoms with E-state index in [9.17, 15) is 9.59 Å². The molecule has 0 spiro atoms. The van der Waals surface area contributed by atoms with Gasteiger partial charge in [0.15, 0.2) is 5.82 Å². The molecular formula is C23H26N4O2. The Kier molecular flexibility index (Phi) is 5.34. The molecule has 0 unspecified atom stereocenters. The van der Waals surface area contributed by atoms with Crippen molar-refractivity contribution in [2.24, 2.45) is 0 Å². The smallest absolute Gasteiger partial charge is 0.275 e. The summed E-state index contributed by atoms with van der Waals surface area (Å²) in [5, 5.41) is 8.88. The third-order valence-electron chi connectivity index (χ3n) is 5.41. The molecule has 6 nitrogen and oxygen atoms in total. The molecule has 0 saturated carbocycles. The quantitative estimate of drug-likeness (QED) is 0.720. The van der Waals surface area contributed by atoms with E-state index in [1.165, 1.54) is 10.2 Å². The summed E-state index contributed by atoms with van der Waals surface area (Å²) < 4.78 is 1.29. The Morgan fingerprint density at radius 1 is 1.03 bits per heavy atom.